The number of nitrogens with zero attached hydrogens (tertiary/aromatic N) is 3. The fourth-order valence-corrected chi connectivity index (χ4v) is 4.86. The number of fused-ring (bicyclic) bond motifs is 3. The third-order valence-corrected chi connectivity index (χ3v) is 6.65. The minimum atomic E-state index is -0.334. The van der Waals surface area contributed by atoms with Gasteiger partial charge in [-0.15, -0.1) is 12.4 Å². The van der Waals surface area contributed by atoms with E-state index in [0.29, 0.717) is 35.5 Å². The summed E-state index contributed by atoms with van der Waals surface area (Å²) in [6.07, 6.45) is 4.46. The number of imidazole rings is 1. The molecule has 1 N–H and O–H groups in total. The normalized spacial score (nSPS) is 13.0. The maximum absolute atomic E-state index is 14.1. The van der Waals surface area contributed by atoms with Crippen LogP contribution in [0.5, 0.6) is 0 Å². The monoisotopic (exact) mass is 526 g/mol. The van der Waals surface area contributed by atoms with Crippen molar-refractivity contribution in [1.82, 2.24) is 9.55 Å². The number of anilines is 3. The molecule has 2 amide bonds. The molecule has 0 saturated carbocycles. The van der Waals surface area contributed by atoms with Crippen LogP contribution in [0.1, 0.15) is 17.8 Å². The Balaban J connectivity index is 0.00000294. The fourth-order valence-electron chi connectivity index (χ4n) is 4.86. The molecule has 1 aliphatic rings. The molecule has 0 bridgehead atoms. The molecule has 190 valence electrons. The number of rotatable bonds is 5. The van der Waals surface area contributed by atoms with E-state index in [1.165, 1.54) is 6.07 Å². The van der Waals surface area contributed by atoms with E-state index in [2.05, 4.69) is 10.3 Å². The lowest BCUT2D eigenvalue weighted by molar-refractivity contribution is -0.124. The molecule has 5 aromatic rings. The molecule has 6 nitrogen and oxygen atoms in total. The molecule has 0 unspecified atom stereocenters. The maximum Gasteiger partial charge on any atom is 0.241 e. The van der Waals surface area contributed by atoms with Gasteiger partial charge in [0.25, 0.3) is 0 Å². The van der Waals surface area contributed by atoms with Crippen LogP contribution in [0.3, 0.4) is 0 Å². The summed E-state index contributed by atoms with van der Waals surface area (Å²) in [6, 6.07) is 25.9. The van der Waals surface area contributed by atoms with Gasteiger partial charge in [0, 0.05) is 35.6 Å². The van der Waals surface area contributed by atoms with Gasteiger partial charge in [-0.1, -0.05) is 48.5 Å². The highest BCUT2D eigenvalue weighted by molar-refractivity contribution is 6.21. The van der Waals surface area contributed by atoms with E-state index in [4.69, 9.17) is 0 Å². The van der Waals surface area contributed by atoms with Crippen LogP contribution < -0.4 is 10.2 Å². The molecule has 0 radical (unpaired) electrons. The first-order chi connectivity index (χ1) is 18.1. The Labute approximate surface area is 225 Å². The van der Waals surface area contributed by atoms with Gasteiger partial charge in [-0.2, -0.15) is 0 Å². The van der Waals surface area contributed by atoms with Gasteiger partial charge < -0.3 is 9.88 Å². The number of hydrogen-bond acceptors (Lipinski definition) is 3. The van der Waals surface area contributed by atoms with Crippen LogP contribution in [-0.2, 0) is 22.4 Å². The van der Waals surface area contributed by atoms with Crippen LogP contribution in [-0.4, -0.2) is 21.4 Å². The average Bonchev–Trinajstić information content (AvgIpc) is 3.33. The number of amides is 2. The third-order valence-electron chi connectivity index (χ3n) is 6.65. The van der Waals surface area contributed by atoms with Gasteiger partial charge in [-0.3, -0.25) is 14.5 Å². The summed E-state index contributed by atoms with van der Waals surface area (Å²) in [6.45, 7) is 0. The van der Waals surface area contributed by atoms with E-state index < -0.39 is 0 Å². The number of nitrogens with one attached hydrogen (secondary N) is 1. The molecule has 0 atom stereocenters. The Morgan fingerprint density at radius 2 is 1.58 bits per heavy atom. The molecular formula is C30H24ClFN4O2. The lowest BCUT2D eigenvalue weighted by Gasteiger charge is -2.23. The van der Waals surface area contributed by atoms with Crippen molar-refractivity contribution in [3.05, 3.63) is 115 Å². The Morgan fingerprint density at radius 3 is 2.39 bits per heavy atom. The number of aromatic nitrogens is 2. The van der Waals surface area contributed by atoms with Gasteiger partial charge in [0.1, 0.15) is 18.1 Å². The summed E-state index contributed by atoms with van der Waals surface area (Å²) < 4.78 is 16.0. The second kappa shape index (κ2) is 10.5. The van der Waals surface area contributed by atoms with Gasteiger partial charge in [0.2, 0.25) is 11.8 Å². The number of hydrogen-bond donors (Lipinski definition) is 1. The van der Waals surface area contributed by atoms with Crippen LogP contribution in [0.25, 0.3) is 16.5 Å². The zero-order valence-electron chi connectivity index (χ0n) is 20.3. The predicted molar refractivity (Wildman–Crippen MR) is 149 cm³/mol. The van der Waals surface area contributed by atoms with Crippen molar-refractivity contribution >= 4 is 52.1 Å². The first-order valence-electron chi connectivity index (χ1n) is 12.1. The molecule has 0 spiro atoms. The highest BCUT2D eigenvalue weighted by atomic mass is 35.5. The summed E-state index contributed by atoms with van der Waals surface area (Å²) in [5.41, 5.74) is 3.45. The van der Waals surface area contributed by atoms with Gasteiger partial charge in [0.15, 0.2) is 0 Å². The van der Waals surface area contributed by atoms with Crippen molar-refractivity contribution in [2.75, 3.05) is 10.2 Å². The Kier molecular flexibility index (Phi) is 6.94. The fraction of sp³-hybridized carbons (Fsp3) is 0.100. The molecule has 4 aromatic carbocycles. The lowest BCUT2D eigenvalue weighted by atomic mass is 10.1. The van der Waals surface area contributed by atoms with E-state index in [1.807, 2.05) is 77.5 Å². The van der Waals surface area contributed by atoms with Gasteiger partial charge in [-0.25, -0.2) is 9.37 Å². The summed E-state index contributed by atoms with van der Waals surface area (Å²) in [4.78, 5) is 31.7. The molecule has 0 fully saturated rings. The molecule has 6 rings (SSSR count). The molecular weight excluding hydrogens is 503 g/mol. The van der Waals surface area contributed by atoms with Crippen LogP contribution in [0.2, 0.25) is 0 Å². The highest BCUT2D eigenvalue weighted by Crippen LogP contribution is 2.40. The van der Waals surface area contributed by atoms with E-state index in [9.17, 15) is 14.0 Å². The quantitative estimate of drug-likeness (QED) is 0.270. The minimum Gasteiger partial charge on any atom is -0.323 e. The van der Waals surface area contributed by atoms with Crippen LogP contribution in [0.15, 0.2) is 97.3 Å². The number of halogens is 2. The highest BCUT2D eigenvalue weighted by Gasteiger charge is 2.28. The number of aryl methyl sites for hydroxylation is 2. The van der Waals surface area contributed by atoms with Gasteiger partial charge in [-0.05, 0) is 53.8 Å². The largest absolute Gasteiger partial charge is 0.323 e. The molecule has 8 heteroatoms. The molecule has 38 heavy (non-hydrogen) atoms. The number of carbonyl (C=O) groups is 2. The molecule has 1 aliphatic heterocycles. The van der Waals surface area contributed by atoms with Crippen molar-refractivity contribution < 1.29 is 14.0 Å². The van der Waals surface area contributed by atoms with E-state index in [-0.39, 0.29) is 36.5 Å². The number of carbonyl (C=O) groups excluding carboxylic acids is 2. The van der Waals surface area contributed by atoms with Crippen molar-refractivity contribution in [2.24, 2.45) is 0 Å². The first kappa shape index (κ1) is 25.2. The maximum atomic E-state index is 14.1. The van der Waals surface area contributed by atoms with Crippen molar-refractivity contribution in [1.29, 1.82) is 0 Å². The number of benzene rings is 4. The van der Waals surface area contributed by atoms with Crippen LogP contribution in [0, 0.1) is 5.82 Å². The SMILES string of the molecule is Cl.O=C1CC(=O)N(c2ccc(-n3ccnc3CCc3ccccc3F)cc2)c2ccc3ccccc3c2N1. The summed E-state index contributed by atoms with van der Waals surface area (Å²) in [5, 5.41) is 4.79. The third kappa shape index (κ3) is 4.64. The van der Waals surface area contributed by atoms with Crippen LogP contribution >= 0.6 is 12.4 Å². The molecule has 1 aromatic heterocycles. The van der Waals surface area contributed by atoms with E-state index in [1.54, 1.807) is 23.2 Å². The summed E-state index contributed by atoms with van der Waals surface area (Å²) >= 11 is 0. The Morgan fingerprint density at radius 1 is 0.842 bits per heavy atom. The molecule has 2 heterocycles. The smallest absolute Gasteiger partial charge is 0.241 e. The summed E-state index contributed by atoms with van der Waals surface area (Å²) in [5.74, 6) is -0.0336. The zero-order valence-corrected chi connectivity index (χ0v) is 21.1. The molecule has 0 aliphatic carbocycles. The predicted octanol–water partition coefficient (Wildman–Crippen LogP) is 6.38. The Hall–Kier alpha value is -4.49. The lowest BCUT2D eigenvalue weighted by Crippen LogP contribution is -2.26. The van der Waals surface area contributed by atoms with Gasteiger partial charge in [0.05, 0.1) is 11.4 Å². The second-order valence-electron chi connectivity index (χ2n) is 8.96. The average molecular weight is 527 g/mol. The topological polar surface area (TPSA) is 67.2 Å². The van der Waals surface area contributed by atoms with Crippen molar-refractivity contribution in [3.8, 4) is 5.69 Å². The van der Waals surface area contributed by atoms with Crippen LogP contribution in [0.4, 0.5) is 21.5 Å². The zero-order chi connectivity index (χ0) is 25.4. The van der Waals surface area contributed by atoms with Crippen molar-refractivity contribution in [3.63, 3.8) is 0 Å². The summed E-state index contributed by atoms with van der Waals surface area (Å²) in [7, 11) is 0. The second-order valence-corrected chi connectivity index (χ2v) is 8.96. The van der Waals surface area contributed by atoms with Gasteiger partial charge >= 0.3 is 0 Å². The molecule has 0 saturated heterocycles. The standard InChI is InChI=1S/C30H23FN4O2.ClH/c31-25-8-4-2-6-21(25)10-16-27-32-17-18-34(27)22-11-13-23(14-12-22)35-26-15-9-20-5-1-3-7-24(20)30(26)33-28(36)19-29(35)37;/h1-9,11-15,17-18H,10,16,19H2,(H,33,36);1H. The Bertz CT molecular complexity index is 1650. The van der Waals surface area contributed by atoms with Crippen molar-refractivity contribution in [2.45, 2.75) is 19.3 Å². The van der Waals surface area contributed by atoms with E-state index >= 15 is 0 Å². The first-order valence-corrected chi connectivity index (χ1v) is 12.1. The minimum absolute atomic E-state index is 0. The van der Waals surface area contributed by atoms with E-state index in [0.717, 1.165) is 22.3 Å².